The van der Waals surface area contributed by atoms with Crippen LogP contribution in [0.15, 0.2) is 60.7 Å². The number of hydrogen-bond acceptors (Lipinski definition) is 5. The summed E-state index contributed by atoms with van der Waals surface area (Å²) in [6.45, 7) is 8.26. The van der Waals surface area contributed by atoms with Crippen LogP contribution in [0.5, 0.6) is 5.88 Å². The van der Waals surface area contributed by atoms with E-state index in [2.05, 4.69) is 24.4 Å². The van der Waals surface area contributed by atoms with Crippen molar-refractivity contribution in [2.75, 3.05) is 18.1 Å². The number of amides is 2. The van der Waals surface area contributed by atoms with Crippen LogP contribution in [0.2, 0.25) is 0 Å². The number of rotatable bonds is 6. The van der Waals surface area contributed by atoms with E-state index in [9.17, 15) is 9.59 Å². The minimum absolute atomic E-state index is 0.0120. The number of pyridine rings is 1. The van der Waals surface area contributed by atoms with Crippen molar-refractivity contribution < 1.29 is 19.1 Å². The van der Waals surface area contributed by atoms with Crippen LogP contribution < -0.4 is 15.0 Å². The van der Waals surface area contributed by atoms with Crippen molar-refractivity contribution in [2.24, 2.45) is 0 Å². The third-order valence-electron chi connectivity index (χ3n) is 7.08. The molecular weight excluding hydrogens is 478 g/mol. The Labute approximate surface area is 224 Å². The third-order valence-corrected chi connectivity index (χ3v) is 7.08. The molecule has 5 rings (SSSR count). The average Bonchev–Trinajstić information content (AvgIpc) is 2.87. The fourth-order valence-electron chi connectivity index (χ4n) is 5.12. The fourth-order valence-corrected chi connectivity index (χ4v) is 5.12. The molecule has 2 aromatic carbocycles. The summed E-state index contributed by atoms with van der Waals surface area (Å²) in [5, 5.41) is 3.13. The lowest BCUT2D eigenvalue weighted by molar-refractivity contribution is -0.121. The van der Waals surface area contributed by atoms with Crippen molar-refractivity contribution in [1.82, 2.24) is 10.3 Å². The zero-order valence-electron chi connectivity index (χ0n) is 22.5. The molecule has 0 bridgehead atoms. The number of fused-ring (bicyclic) bond motifs is 1. The summed E-state index contributed by atoms with van der Waals surface area (Å²) in [5.41, 5.74) is 4.45. The molecule has 1 saturated carbocycles. The van der Waals surface area contributed by atoms with Crippen LogP contribution in [0.3, 0.4) is 0 Å². The molecule has 2 aliphatic rings. The standard InChI is InChI=1S/C31H35N3O4/c1-5-18-34-25-19-24(21-10-7-6-8-11-21)27(32-28(25)37-20-26(34)35)22-12-14-23(15-13-22)31(16-9-17-31)33-29(36)38-30(2,3)4/h6-8,10-15,19H,5,9,16-18,20H2,1-4H3,(H,33,36). The number of ether oxygens (including phenoxy) is 2. The van der Waals surface area contributed by atoms with Crippen molar-refractivity contribution in [3.05, 3.63) is 66.2 Å². The molecule has 0 unspecified atom stereocenters. The van der Waals surface area contributed by atoms with Gasteiger partial charge in [-0.2, -0.15) is 0 Å². The van der Waals surface area contributed by atoms with Crippen molar-refractivity contribution >= 4 is 17.7 Å². The molecule has 0 radical (unpaired) electrons. The summed E-state index contributed by atoms with van der Waals surface area (Å²) in [7, 11) is 0. The molecule has 0 spiro atoms. The Bertz CT molecular complexity index is 1330. The molecule has 1 aromatic heterocycles. The van der Waals surface area contributed by atoms with E-state index in [1.807, 2.05) is 69.3 Å². The smallest absolute Gasteiger partial charge is 0.408 e. The first kappa shape index (κ1) is 25.8. The number of nitrogens with one attached hydrogen (secondary N) is 1. The lowest BCUT2D eigenvalue weighted by Crippen LogP contribution is -2.52. The largest absolute Gasteiger partial charge is 0.466 e. The minimum atomic E-state index is -0.551. The van der Waals surface area contributed by atoms with Gasteiger partial charge in [0.25, 0.3) is 5.91 Å². The monoisotopic (exact) mass is 513 g/mol. The highest BCUT2D eigenvalue weighted by atomic mass is 16.6. The number of carbonyl (C=O) groups excluding carboxylic acids is 2. The van der Waals surface area contributed by atoms with E-state index >= 15 is 0 Å². The van der Waals surface area contributed by atoms with E-state index in [0.717, 1.165) is 53.6 Å². The first-order valence-electron chi connectivity index (χ1n) is 13.3. The van der Waals surface area contributed by atoms with Gasteiger partial charge in [0.1, 0.15) is 11.3 Å². The van der Waals surface area contributed by atoms with Gasteiger partial charge >= 0.3 is 6.09 Å². The lowest BCUT2D eigenvalue weighted by Gasteiger charge is -2.43. The second kappa shape index (κ2) is 10.1. The first-order valence-corrected chi connectivity index (χ1v) is 13.3. The lowest BCUT2D eigenvalue weighted by atomic mass is 9.71. The second-order valence-electron chi connectivity index (χ2n) is 11.0. The van der Waals surface area contributed by atoms with Gasteiger partial charge in [-0.1, -0.05) is 61.5 Å². The van der Waals surface area contributed by atoms with Gasteiger partial charge in [-0.3, -0.25) is 4.79 Å². The van der Waals surface area contributed by atoms with Crippen molar-refractivity contribution in [3.8, 4) is 28.3 Å². The van der Waals surface area contributed by atoms with E-state index in [-0.39, 0.29) is 12.5 Å². The molecule has 2 amide bonds. The molecule has 2 heterocycles. The average molecular weight is 514 g/mol. The Kier molecular flexibility index (Phi) is 6.86. The molecular formula is C31H35N3O4. The van der Waals surface area contributed by atoms with Gasteiger partial charge in [-0.25, -0.2) is 9.78 Å². The quantitative estimate of drug-likeness (QED) is 0.409. The van der Waals surface area contributed by atoms with Gasteiger partial charge < -0.3 is 19.7 Å². The van der Waals surface area contributed by atoms with Gasteiger partial charge in [0.05, 0.1) is 11.2 Å². The highest BCUT2D eigenvalue weighted by Crippen LogP contribution is 2.44. The van der Waals surface area contributed by atoms with E-state index in [1.54, 1.807) is 4.90 Å². The molecule has 1 aliphatic carbocycles. The highest BCUT2D eigenvalue weighted by molar-refractivity contribution is 5.99. The van der Waals surface area contributed by atoms with Crippen molar-refractivity contribution in [1.29, 1.82) is 0 Å². The number of nitrogens with zero attached hydrogens (tertiary/aromatic N) is 2. The Balaban J connectivity index is 1.52. The van der Waals surface area contributed by atoms with E-state index in [4.69, 9.17) is 14.5 Å². The van der Waals surface area contributed by atoms with Gasteiger partial charge in [0.2, 0.25) is 5.88 Å². The van der Waals surface area contributed by atoms with Crippen LogP contribution in [0, 0.1) is 0 Å². The van der Waals surface area contributed by atoms with Crippen LogP contribution in [-0.4, -0.2) is 35.7 Å². The van der Waals surface area contributed by atoms with E-state index < -0.39 is 17.2 Å². The maximum Gasteiger partial charge on any atom is 0.408 e. The number of alkyl carbamates (subject to hydrolysis) is 1. The molecule has 1 aliphatic heterocycles. The molecule has 7 heteroatoms. The molecule has 0 saturated heterocycles. The second-order valence-corrected chi connectivity index (χ2v) is 11.0. The Morgan fingerprint density at radius 1 is 1.08 bits per heavy atom. The van der Waals surface area contributed by atoms with Crippen LogP contribution >= 0.6 is 0 Å². The zero-order chi connectivity index (χ0) is 26.9. The fraction of sp³-hybridized carbons (Fsp3) is 0.387. The SMILES string of the molecule is CCCN1C(=O)COc2nc(-c3ccc(C4(NC(=O)OC(C)(C)C)CCC4)cc3)c(-c3ccccc3)cc21. The Morgan fingerprint density at radius 3 is 2.39 bits per heavy atom. The molecule has 1 N–H and O–H groups in total. The number of carbonyl (C=O) groups is 2. The predicted octanol–water partition coefficient (Wildman–Crippen LogP) is 6.45. The number of anilines is 1. The van der Waals surface area contributed by atoms with Crippen LogP contribution in [0.1, 0.15) is 58.9 Å². The molecule has 38 heavy (non-hydrogen) atoms. The van der Waals surface area contributed by atoms with Crippen LogP contribution in [-0.2, 0) is 15.1 Å². The highest BCUT2D eigenvalue weighted by Gasteiger charge is 2.41. The normalized spacial score (nSPS) is 16.2. The molecule has 3 aromatic rings. The van der Waals surface area contributed by atoms with Gasteiger partial charge in [0, 0.05) is 17.7 Å². The van der Waals surface area contributed by atoms with E-state index in [0.29, 0.717) is 18.1 Å². The van der Waals surface area contributed by atoms with Gasteiger partial charge in [-0.15, -0.1) is 0 Å². The van der Waals surface area contributed by atoms with Crippen LogP contribution in [0.25, 0.3) is 22.4 Å². The summed E-state index contributed by atoms with van der Waals surface area (Å²) in [6.07, 6.45) is 3.23. The maximum absolute atomic E-state index is 12.6. The van der Waals surface area contributed by atoms with Crippen LogP contribution in [0.4, 0.5) is 10.5 Å². The summed E-state index contributed by atoms with van der Waals surface area (Å²) < 4.78 is 11.3. The summed E-state index contributed by atoms with van der Waals surface area (Å²) >= 11 is 0. The molecule has 7 nitrogen and oxygen atoms in total. The van der Waals surface area contributed by atoms with Crippen molar-refractivity contribution in [2.45, 2.75) is 64.5 Å². The first-order chi connectivity index (χ1) is 18.2. The topological polar surface area (TPSA) is 80.8 Å². The van der Waals surface area contributed by atoms with E-state index in [1.165, 1.54) is 0 Å². The Hall–Kier alpha value is -3.87. The van der Waals surface area contributed by atoms with Gasteiger partial charge in [-0.05, 0) is 63.6 Å². The number of aromatic nitrogens is 1. The maximum atomic E-state index is 12.6. The minimum Gasteiger partial charge on any atom is -0.466 e. The molecule has 198 valence electrons. The summed E-state index contributed by atoms with van der Waals surface area (Å²) in [5.74, 6) is 0.416. The predicted molar refractivity (Wildman–Crippen MR) is 148 cm³/mol. The molecule has 0 atom stereocenters. The van der Waals surface area contributed by atoms with Gasteiger partial charge in [0.15, 0.2) is 6.61 Å². The number of hydrogen-bond donors (Lipinski definition) is 1. The molecule has 1 fully saturated rings. The summed E-state index contributed by atoms with van der Waals surface area (Å²) in [6, 6.07) is 20.3. The third kappa shape index (κ3) is 5.10. The zero-order valence-corrected chi connectivity index (χ0v) is 22.5. The van der Waals surface area contributed by atoms with Crippen molar-refractivity contribution in [3.63, 3.8) is 0 Å². The summed E-state index contributed by atoms with van der Waals surface area (Å²) in [4.78, 5) is 31.9. The number of benzene rings is 2. The Morgan fingerprint density at radius 2 is 1.79 bits per heavy atom.